The van der Waals surface area contributed by atoms with Crippen LogP contribution in [0.15, 0.2) is 11.1 Å². The molecule has 1 nitrogen and oxygen atoms in total. The number of hydrogen-bond acceptors (Lipinski definition) is 1. The van der Waals surface area contributed by atoms with Gasteiger partial charge in [0.1, 0.15) is 0 Å². The van der Waals surface area contributed by atoms with Crippen LogP contribution < -0.4 is 5.32 Å². The summed E-state index contributed by atoms with van der Waals surface area (Å²) in [6.45, 7) is 8.12. The number of rotatable bonds is 5. The van der Waals surface area contributed by atoms with Gasteiger partial charge in [-0.2, -0.15) is 0 Å². The maximum Gasteiger partial charge on any atom is 0.0265 e. The molecule has 1 aliphatic carbocycles. The minimum absolute atomic E-state index is 0.849. The first-order valence-electron chi connectivity index (χ1n) is 4.24. The van der Waals surface area contributed by atoms with Crippen molar-refractivity contribution in [2.45, 2.75) is 19.8 Å². The van der Waals surface area contributed by atoms with Gasteiger partial charge in [0, 0.05) is 11.0 Å². The maximum atomic E-state index is 3.77. The lowest BCUT2D eigenvalue weighted by Crippen LogP contribution is -2.23. The minimum Gasteiger partial charge on any atom is -0.312 e. The second-order valence-corrected chi connectivity index (χ2v) is 4.58. The molecule has 0 aromatic carbocycles. The fourth-order valence-electron chi connectivity index (χ4n) is 1.27. The summed E-state index contributed by atoms with van der Waals surface area (Å²) in [4.78, 5) is 0. The molecule has 0 aliphatic heterocycles. The van der Waals surface area contributed by atoms with Crippen LogP contribution >= 0.6 is 15.9 Å². The van der Waals surface area contributed by atoms with Crippen LogP contribution in [0.3, 0.4) is 0 Å². The third kappa shape index (κ3) is 3.92. The molecule has 1 fully saturated rings. The van der Waals surface area contributed by atoms with Crippen molar-refractivity contribution in [1.29, 1.82) is 0 Å². The predicted octanol–water partition coefficient (Wildman–Crippen LogP) is 2.53. The Morgan fingerprint density at radius 2 is 2.36 bits per heavy atom. The standard InChI is InChI=1S/C9H16BrN/c1-7(9-3-4-9)5-11-6-8(2)10/h7,9,11H,2-6H2,1H3. The van der Waals surface area contributed by atoms with Crippen LogP contribution in [0, 0.1) is 11.8 Å². The van der Waals surface area contributed by atoms with Crippen molar-refractivity contribution in [2.75, 3.05) is 13.1 Å². The third-order valence-corrected chi connectivity index (χ3v) is 2.49. The van der Waals surface area contributed by atoms with E-state index in [1.807, 2.05) is 0 Å². The Morgan fingerprint density at radius 1 is 1.73 bits per heavy atom. The van der Waals surface area contributed by atoms with Gasteiger partial charge in [0.25, 0.3) is 0 Å². The highest BCUT2D eigenvalue weighted by molar-refractivity contribution is 9.11. The van der Waals surface area contributed by atoms with Crippen LogP contribution in [0.2, 0.25) is 0 Å². The third-order valence-electron chi connectivity index (χ3n) is 2.21. The van der Waals surface area contributed by atoms with E-state index in [1.165, 1.54) is 12.8 Å². The van der Waals surface area contributed by atoms with E-state index in [1.54, 1.807) is 0 Å². The summed E-state index contributed by atoms with van der Waals surface area (Å²) in [6.07, 6.45) is 2.89. The Bertz CT molecular complexity index is 140. The van der Waals surface area contributed by atoms with Gasteiger partial charge in [-0.25, -0.2) is 0 Å². The fourth-order valence-corrected chi connectivity index (χ4v) is 1.47. The molecular formula is C9H16BrN. The van der Waals surface area contributed by atoms with Crippen LogP contribution in [-0.2, 0) is 0 Å². The Kier molecular flexibility index (Phi) is 3.60. The Labute approximate surface area is 77.4 Å². The average molecular weight is 218 g/mol. The molecule has 1 saturated carbocycles. The zero-order valence-electron chi connectivity index (χ0n) is 7.07. The first-order valence-corrected chi connectivity index (χ1v) is 5.03. The van der Waals surface area contributed by atoms with Gasteiger partial charge in [-0.05, 0) is 31.2 Å². The lowest BCUT2D eigenvalue weighted by atomic mass is 10.1. The van der Waals surface area contributed by atoms with Crippen molar-refractivity contribution in [1.82, 2.24) is 5.32 Å². The molecule has 0 radical (unpaired) electrons. The van der Waals surface area contributed by atoms with Gasteiger partial charge in [0.15, 0.2) is 0 Å². The molecule has 0 aromatic rings. The summed E-state index contributed by atoms with van der Waals surface area (Å²) in [5.74, 6) is 1.85. The highest BCUT2D eigenvalue weighted by atomic mass is 79.9. The van der Waals surface area contributed by atoms with Crippen LogP contribution in [0.1, 0.15) is 19.8 Å². The van der Waals surface area contributed by atoms with Gasteiger partial charge in [-0.1, -0.05) is 29.4 Å². The predicted molar refractivity (Wildman–Crippen MR) is 52.8 cm³/mol. The number of hydrogen-bond donors (Lipinski definition) is 1. The van der Waals surface area contributed by atoms with Gasteiger partial charge >= 0.3 is 0 Å². The monoisotopic (exact) mass is 217 g/mol. The summed E-state index contributed by atoms with van der Waals surface area (Å²) in [5, 5.41) is 3.36. The molecule has 1 N–H and O–H groups in total. The highest BCUT2D eigenvalue weighted by Crippen LogP contribution is 2.35. The molecule has 64 valence electrons. The molecule has 1 unspecified atom stereocenters. The SMILES string of the molecule is C=C(Br)CNCC(C)C1CC1. The van der Waals surface area contributed by atoms with Crippen LogP contribution in [0.5, 0.6) is 0 Å². The zero-order valence-corrected chi connectivity index (χ0v) is 8.65. The molecule has 0 saturated heterocycles. The van der Waals surface area contributed by atoms with Crippen molar-refractivity contribution >= 4 is 15.9 Å². The molecule has 1 aliphatic rings. The number of halogens is 1. The van der Waals surface area contributed by atoms with Crippen LogP contribution in [0.25, 0.3) is 0 Å². The fraction of sp³-hybridized carbons (Fsp3) is 0.778. The highest BCUT2D eigenvalue weighted by Gasteiger charge is 2.27. The Morgan fingerprint density at radius 3 is 2.82 bits per heavy atom. The summed E-state index contributed by atoms with van der Waals surface area (Å²) >= 11 is 3.32. The first-order chi connectivity index (χ1) is 5.20. The van der Waals surface area contributed by atoms with E-state index in [-0.39, 0.29) is 0 Å². The molecule has 11 heavy (non-hydrogen) atoms. The van der Waals surface area contributed by atoms with E-state index in [4.69, 9.17) is 0 Å². The Balaban J connectivity index is 1.97. The molecule has 2 heteroatoms. The summed E-state index contributed by atoms with van der Waals surface area (Å²) in [5.41, 5.74) is 0. The summed E-state index contributed by atoms with van der Waals surface area (Å²) < 4.78 is 1.04. The van der Waals surface area contributed by atoms with E-state index in [9.17, 15) is 0 Å². The summed E-state index contributed by atoms with van der Waals surface area (Å²) in [6, 6.07) is 0. The smallest absolute Gasteiger partial charge is 0.0265 e. The first kappa shape index (κ1) is 9.27. The van der Waals surface area contributed by atoms with Crippen molar-refractivity contribution in [3.8, 4) is 0 Å². The van der Waals surface area contributed by atoms with Gasteiger partial charge < -0.3 is 5.32 Å². The minimum atomic E-state index is 0.849. The molecule has 1 rings (SSSR count). The van der Waals surface area contributed by atoms with Gasteiger partial charge in [0.05, 0.1) is 0 Å². The van der Waals surface area contributed by atoms with Gasteiger partial charge in [-0.3, -0.25) is 0 Å². The second-order valence-electron chi connectivity index (χ2n) is 3.46. The molecular weight excluding hydrogens is 202 g/mol. The van der Waals surface area contributed by atoms with E-state index >= 15 is 0 Å². The quantitative estimate of drug-likeness (QED) is 0.747. The van der Waals surface area contributed by atoms with Crippen LogP contribution in [-0.4, -0.2) is 13.1 Å². The molecule has 0 amide bonds. The summed E-state index contributed by atoms with van der Waals surface area (Å²) in [7, 11) is 0. The van der Waals surface area contributed by atoms with Gasteiger partial charge in [-0.15, -0.1) is 0 Å². The van der Waals surface area contributed by atoms with E-state index < -0.39 is 0 Å². The van der Waals surface area contributed by atoms with E-state index in [2.05, 4.69) is 34.7 Å². The average Bonchev–Trinajstić information content (AvgIpc) is 2.66. The topological polar surface area (TPSA) is 12.0 Å². The molecule has 0 heterocycles. The van der Waals surface area contributed by atoms with Crippen molar-refractivity contribution in [2.24, 2.45) is 11.8 Å². The lowest BCUT2D eigenvalue weighted by molar-refractivity contribution is 0.474. The normalized spacial score (nSPS) is 19.8. The Hall–Kier alpha value is 0.180. The van der Waals surface area contributed by atoms with Crippen molar-refractivity contribution in [3.05, 3.63) is 11.1 Å². The van der Waals surface area contributed by atoms with Gasteiger partial charge in [0.2, 0.25) is 0 Å². The van der Waals surface area contributed by atoms with Crippen molar-refractivity contribution in [3.63, 3.8) is 0 Å². The molecule has 1 atom stereocenters. The number of nitrogens with one attached hydrogen (secondary N) is 1. The zero-order chi connectivity index (χ0) is 8.27. The van der Waals surface area contributed by atoms with E-state index in [0.717, 1.165) is 29.4 Å². The molecule has 0 aromatic heterocycles. The van der Waals surface area contributed by atoms with Crippen molar-refractivity contribution < 1.29 is 0 Å². The largest absolute Gasteiger partial charge is 0.312 e. The maximum absolute atomic E-state index is 3.77. The van der Waals surface area contributed by atoms with E-state index in [0.29, 0.717) is 0 Å². The molecule has 0 bridgehead atoms. The second kappa shape index (κ2) is 4.27. The lowest BCUT2D eigenvalue weighted by Gasteiger charge is -2.10. The van der Waals surface area contributed by atoms with Crippen LogP contribution in [0.4, 0.5) is 0 Å². The molecule has 0 spiro atoms.